The van der Waals surface area contributed by atoms with Crippen LogP contribution in [0.1, 0.15) is 17.0 Å². The molecule has 1 heterocycles. The summed E-state index contributed by atoms with van der Waals surface area (Å²) in [5, 5.41) is 6.41. The van der Waals surface area contributed by atoms with Crippen LogP contribution < -0.4 is 10.5 Å². The lowest BCUT2D eigenvalue weighted by Gasteiger charge is -2.06. The van der Waals surface area contributed by atoms with Gasteiger partial charge in [-0.15, -0.1) is 5.10 Å². The van der Waals surface area contributed by atoms with Gasteiger partial charge in [-0.2, -0.15) is 4.98 Å². The first-order chi connectivity index (χ1) is 7.65. The standard InChI is InChI=1S/C11H14N4O/c1-7-3-4-9(5-8(7)2)16-6-10-13-11(12)15-14-10/h3-5H,6H2,1-2H3,(H3,12,13,14,15). The normalized spacial score (nSPS) is 10.4. The molecule has 2 rings (SSSR count). The van der Waals surface area contributed by atoms with E-state index in [0.29, 0.717) is 12.4 Å². The molecule has 0 spiro atoms. The zero-order valence-electron chi connectivity index (χ0n) is 9.32. The first-order valence-corrected chi connectivity index (χ1v) is 5.02. The summed E-state index contributed by atoms with van der Waals surface area (Å²) in [4.78, 5) is 3.95. The number of ether oxygens (including phenoxy) is 1. The fourth-order valence-electron chi connectivity index (χ4n) is 1.33. The average molecular weight is 218 g/mol. The minimum absolute atomic E-state index is 0.235. The van der Waals surface area contributed by atoms with Gasteiger partial charge in [0.15, 0.2) is 5.82 Å². The van der Waals surface area contributed by atoms with E-state index in [0.717, 1.165) is 5.75 Å². The Morgan fingerprint density at radius 2 is 2.12 bits per heavy atom. The third kappa shape index (κ3) is 2.31. The summed E-state index contributed by atoms with van der Waals surface area (Å²) < 4.78 is 5.55. The van der Waals surface area contributed by atoms with Crippen LogP contribution in [-0.4, -0.2) is 15.2 Å². The third-order valence-electron chi connectivity index (χ3n) is 2.40. The summed E-state index contributed by atoms with van der Waals surface area (Å²) >= 11 is 0. The van der Waals surface area contributed by atoms with Gasteiger partial charge in [-0.3, -0.25) is 5.10 Å². The Kier molecular flexibility index (Phi) is 2.76. The maximum absolute atomic E-state index is 5.55. The predicted molar refractivity (Wildman–Crippen MR) is 61.0 cm³/mol. The molecule has 16 heavy (non-hydrogen) atoms. The molecule has 0 aliphatic heterocycles. The molecule has 0 amide bonds. The van der Waals surface area contributed by atoms with Crippen LogP contribution in [0.15, 0.2) is 18.2 Å². The van der Waals surface area contributed by atoms with Gasteiger partial charge in [0.25, 0.3) is 0 Å². The topological polar surface area (TPSA) is 76.8 Å². The van der Waals surface area contributed by atoms with Gasteiger partial charge >= 0.3 is 0 Å². The quantitative estimate of drug-likeness (QED) is 0.820. The van der Waals surface area contributed by atoms with E-state index in [4.69, 9.17) is 10.5 Å². The highest BCUT2D eigenvalue weighted by atomic mass is 16.5. The smallest absolute Gasteiger partial charge is 0.239 e. The molecule has 0 unspecified atom stereocenters. The van der Waals surface area contributed by atoms with Crippen molar-refractivity contribution in [3.05, 3.63) is 35.2 Å². The van der Waals surface area contributed by atoms with Crippen molar-refractivity contribution in [2.45, 2.75) is 20.5 Å². The summed E-state index contributed by atoms with van der Waals surface area (Å²) in [6, 6.07) is 5.95. The Balaban J connectivity index is 2.02. The highest BCUT2D eigenvalue weighted by Gasteiger charge is 2.01. The van der Waals surface area contributed by atoms with Crippen LogP contribution in [0.5, 0.6) is 5.75 Å². The minimum Gasteiger partial charge on any atom is -0.486 e. The molecule has 5 nitrogen and oxygen atoms in total. The number of hydrogen-bond donors (Lipinski definition) is 2. The minimum atomic E-state index is 0.235. The van der Waals surface area contributed by atoms with Gasteiger partial charge < -0.3 is 10.5 Å². The number of benzene rings is 1. The molecule has 0 radical (unpaired) electrons. The maximum atomic E-state index is 5.55. The second-order valence-corrected chi connectivity index (χ2v) is 3.68. The molecule has 0 aliphatic carbocycles. The molecule has 0 aliphatic rings. The van der Waals surface area contributed by atoms with Crippen LogP contribution in [0.3, 0.4) is 0 Å². The van der Waals surface area contributed by atoms with Crippen molar-refractivity contribution < 1.29 is 4.74 Å². The molecule has 0 atom stereocenters. The largest absolute Gasteiger partial charge is 0.486 e. The molecule has 5 heteroatoms. The Hall–Kier alpha value is -2.04. The van der Waals surface area contributed by atoms with Gasteiger partial charge in [-0.25, -0.2) is 0 Å². The van der Waals surface area contributed by atoms with Crippen LogP contribution >= 0.6 is 0 Å². The molecule has 2 aromatic rings. The van der Waals surface area contributed by atoms with Crippen LogP contribution in [-0.2, 0) is 6.61 Å². The number of aryl methyl sites for hydroxylation is 2. The molecular weight excluding hydrogens is 204 g/mol. The molecule has 0 bridgehead atoms. The lowest BCUT2D eigenvalue weighted by Crippen LogP contribution is -1.98. The van der Waals surface area contributed by atoms with Gasteiger partial charge in [0, 0.05) is 0 Å². The number of nitrogens with two attached hydrogens (primary N) is 1. The summed E-state index contributed by atoms with van der Waals surface area (Å²) in [7, 11) is 0. The number of rotatable bonds is 3. The van der Waals surface area contributed by atoms with Crippen LogP contribution in [0.25, 0.3) is 0 Å². The van der Waals surface area contributed by atoms with Gasteiger partial charge in [-0.05, 0) is 37.1 Å². The van der Waals surface area contributed by atoms with E-state index < -0.39 is 0 Å². The number of aromatic amines is 1. The van der Waals surface area contributed by atoms with Gasteiger partial charge in [0.1, 0.15) is 12.4 Å². The number of nitrogens with zero attached hydrogens (tertiary/aromatic N) is 2. The summed E-state index contributed by atoms with van der Waals surface area (Å²) in [6.45, 7) is 4.46. The van der Waals surface area contributed by atoms with Crippen molar-refractivity contribution in [1.82, 2.24) is 15.2 Å². The van der Waals surface area contributed by atoms with Crippen molar-refractivity contribution in [3.8, 4) is 5.75 Å². The highest BCUT2D eigenvalue weighted by molar-refractivity contribution is 5.33. The highest BCUT2D eigenvalue weighted by Crippen LogP contribution is 2.17. The number of hydrogen-bond acceptors (Lipinski definition) is 4. The SMILES string of the molecule is Cc1ccc(OCc2nc(N)n[nH]2)cc1C. The molecule has 0 saturated carbocycles. The second kappa shape index (κ2) is 4.22. The van der Waals surface area contributed by atoms with Crippen molar-refractivity contribution in [3.63, 3.8) is 0 Å². The number of anilines is 1. The summed E-state index contributed by atoms with van der Waals surface area (Å²) in [6.07, 6.45) is 0. The second-order valence-electron chi connectivity index (χ2n) is 3.68. The van der Waals surface area contributed by atoms with Crippen LogP contribution in [0, 0.1) is 13.8 Å². The Morgan fingerprint density at radius 1 is 1.31 bits per heavy atom. The van der Waals surface area contributed by atoms with Crippen molar-refractivity contribution in [1.29, 1.82) is 0 Å². The van der Waals surface area contributed by atoms with E-state index in [-0.39, 0.29) is 5.95 Å². The maximum Gasteiger partial charge on any atom is 0.239 e. The first kappa shape index (κ1) is 10.5. The van der Waals surface area contributed by atoms with E-state index in [9.17, 15) is 0 Å². The van der Waals surface area contributed by atoms with E-state index in [1.54, 1.807) is 0 Å². The molecule has 84 valence electrons. The van der Waals surface area contributed by atoms with E-state index in [1.165, 1.54) is 11.1 Å². The molecule has 3 N–H and O–H groups in total. The number of nitrogen functional groups attached to an aromatic ring is 1. The lowest BCUT2D eigenvalue weighted by molar-refractivity contribution is 0.296. The molecular formula is C11H14N4O. The van der Waals surface area contributed by atoms with Crippen LogP contribution in [0.4, 0.5) is 5.95 Å². The monoisotopic (exact) mass is 218 g/mol. The fraction of sp³-hybridized carbons (Fsp3) is 0.273. The molecule has 0 fully saturated rings. The van der Waals surface area contributed by atoms with Crippen molar-refractivity contribution >= 4 is 5.95 Å². The average Bonchev–Trinajstić information content (AvgIpc) is 2.66. The van der Waals surface area contributed by atoms with Gasteiger partial charge in [0.05, 0.1) is 0 Å². The van der Waals surface area contributed by atoms with Crippen molar-refractivity contribution in [2.75, 3.05) is 5.73 Å². The van der Waals surface area contributed by atoms with E-state index in [1.807, 2.05) is 18.2 Å². The number of aromatic nitrogens is 3. The number of H-pyrrole nitrogens is 1. The summed E-state index contributed by atoms with van der Waals surface area (Å²) in [5.74, 6) is 1.67. The first-order valence-electron chi connectivity index (χ1n) is 5.02. The predicted octanol–water partition coefficient (Wildman–Crippen LogP) is 1.58. The summed E-state index contributed by atoms with van der Waals surface area (Å²) in [5.41, 5.74) is 7.83. The Bertz CT molecular complexity index is 492. The third-order valence-corrected chi connectivity index (χ3v) is 2.40. The molecule has 0 saturated heterocycles. The van der Waals surface area contributed by atoms with E-state index >= 15 is 0 Å². The zero-order chi connectivity index (χ0) is 11.5. The number of nitrogens with one attached hydrogen (secondary N) is 1. The molecule has 1 aromatic heterocycles. The Morgan fingerprint density at radius 3 is 2.75 bits per heavy atom. The van der Waals surface area contributed by atoms with Crippen molar-refractivity contribution in [2.24, 2.45) is 0 Å². The van der Waals surface area contributed by atoms with Gasteiger partial charge in [0.2, 0.25) is 5.95 Å². The zero-order valence-corrected chi connectivity index (χ0v) is 9.32. The Labute approximate surface area is 93.7 Å². The van der Waals surface area contributed by atoms with E-state index in [2.05, 4.69) is 29.0 Å². The lowest BCUT2D eigenvalue weighted by atomic mass is 10.1. The van der Waals surface area contributed by atoms with Crippen LogP contribution in [0.2, 0.25) is 0 Å². The fourth-order valence-corrected chi connectivity index (χ4v) is 1.33. The van der Waals surface area contributed by atoms with Gasteiger partial charge in [-0.1, -0.05) is 6.07 Å². The molecule has 1 aromatic carbocycles.